The summed E-state index contributed by atoms with van der Waals surface area (Å²) < 4.78 is 0. The average Bonchev–Trinajstić information content (AvgIpc) is 1.76. The molecule has 0 heterocycles. The summed E-state index contributed by atoms with van der Waals surface area (Å²) in [5.74, 6) is 0. The quantitative estimate of drug-likeness (QED) is 0.464. The van der Waals surface area contributed by atoms with E-state index in [4.69, 9.17) is 0 Å². The summed E-state index contributed by atoms with van der Waals surface area (Å²) in [6.45, 7) is 0. The van der Waals surface area contributed by atoms with Gasteiger partial charge in [0, 0.05) is 0 Å². The van der Waals surface area contributed by atoms with Gasteiger partial charge in [0.1, 0.15) is 0 Å². The van der Waals surface area contributed by atoms with Gasteiger partial charge in [-0.05, 0) is 0 Å². The molecule has 1 heteroatoms. The van der Waals surface area contributed by atoms with Crippen LogP contribution in [0.1, 0.15) is 6.42 Å². The van der Waals surface area contributed by atoms with Crippen molar-refractivity contribution in [1.82, 2.24) is 0 Å². The Labute approximate surface area is 57.1 Å². The molecular formula is C5H5Zr+3. The van der Waals surface area contributed by atoms with Crippen LogP contribution in [-0.4, -0.2) is 0 Å². The van der Waals surface area contributed by atoms with Crippen LogP contribution in [0.2, 0.25) is 0 Å². The van der Waals surface area contributed by atoms with Crippen LogP contribution >= 0.6 is 0 Å². The molecule has 0 N–H and O–H groups in total. The smallest absolute Gasteiger partial charge is 0.273 e. The van der Waals surface area contributed by atoms with E-state index in [0.29, 0.717) is 0 Å². The van der Waals surface area contributed by atoms with Crippen molar-refractivity contribution in [3.05, 3.63) is 24.3 Å². The topological polar surface area (TPSA) is 0 Å². The molecule has 1 rings (SSSR count). The fourth-order valence-corrected chi connectivity index (χ4v) is 0.340. The molecule has 0 aromatic carbocycles. The maximum Gasteiger partial charge on any atom is 4.00 e. The summed E-state index contributed by atoms with van der Waals surface area (Å²) in [7, 11) is 0. The fraction of sp³-hybridized carbons (Fsp3) is 0.200. The number of hydrogen-bond acceptors (Lipinski definition) is 0. The van der Waals surface area contributed by atoms with E-state index in [1.54, 1.807) is 0 Å². The second-order valence-corrected chi connectivity index (χ2v) is 1.00. The summed E-state index contributed by atoms with van der Waals surface area (Å²) in [5.41, 5.74) is 0. The zero-order valence-electron chi connectivity index (χ0n) is 3.44. The molecule has 0 nitrogen and oxygen atoms in total. The van der Waals surface area contributed by atoms with Crippen molar-refractivity contribution in [1.29, 1.82) is 0 Å². The summed E-state index contributed by atoms with van der Waals surface area (Å²) >= 11 is 0. The Kier molecular flexibility index (Phi) is 3.76. The first-order chi connectivity index (χ1) is 2.50. The van der Waals surface area contributed by atoms with Crippen LogP contribution in [0.25, 0.3) is 0 Å². The molecule has 0 bridgehead atoms. The second kappa shape index (κ2) is 3.55. The van der Waals surface area contributed by atoms with Crippen molar-refractivity contribution < 1.29 is 26.2 Å². The normalized spacial score (nSPS) is 14.7. The van der Waals surface area contributed by atoms with E-state index in [9.17, 15) is 0 Å². The van der Waals surface area contributed by atoms with E-state index in [2.05, 4.69) is 12.2 Å². The molecule has 0 atom stereocenters. The average molecular weight is 156 g/mol. The standard InChI is InChI=1S/C5H5.Zr/c1-2-4-5-3-1;/h1-3H,4H2;/q-1;+4. The molecule has 1 aliphatic rings. The molecule has 0 fully saturated rings. The first-order valence-corrected chi connectivity index (χ1v) is 1.72. The molecule has 0 aromatic rings. The molecule has 0 saturated carbocycles. The molecule has 26 valence electrons. The van der Waals surface area contributed by atoms with Gasteiger partial charge in [0.15, 0.2) is 0 Å². The monoisotopic (exact) mass is 155 g/mol. The van der Waals surface area contributed by atoms with Crippen LogP contribution in [0.4, 0.5) is 0 Å². The van der Waals surface area contributed by atoms with E-state index >= 15 is 0 Å². The molecule has 1 aliphatic carbocycles. The predicted molar refractivity (Wildman–Crippen MR) is 21.6 cm³/mol. The Bertz CT molecular complexity index is 62.0. The Morgan fingerprint density at radius 2 is 2.33 bits per heavy atom. The van der Waals surface area contributed by atoms with Crippen LogP contribution in [0.3, 0.4) is 0 Å². The zero-order chi connectivity index (χ0) is 3.54. The Morgan fingerprint density at radius 1 is 1.50 bits per heavy atom. The largest absolute Gasteiger partial charge is 4.00 e. The first kappa shape index (κ1) is 6.36. The molecule has 0 aromatic heterocycles. The van der Waals surface area contributed by atoms with Crippen LogP contribution in [-0.2, 0) is 26.2 Å². The fourth-order valence-electron chi connectivity index (χ4n) is 0.340. The Balaban J connectivity index is 0.000000250. The van der Waals surface area contributed by atoms with Crippen molar-refractivity contribution >= 4 is 0 Å². The zero-order valence-corrected chi connectivity index (χ0v) is 5.90. The minimum Gasteiger partial charge on any atom is -0.273 e. The van der Waals surface area contributed by atoms with Gasteiger partial charge >= 0.3 is 26.2 Å². The SMILES string of the molecule is [C-]1=CC=CC1.[Zr+4]. The summed E-state index contributed by atoms with van der Waals surface area (Å²) in [4.78, 5) is 0. The molecule has 0 saturated heterocycles. The van der Waals surface area contributed by atoms with Gasteiger partial charge in [-0.3, -0.25) is 6.08 Å². The maximum absolute atomic E-state index is 2.99. The third-order valence-electron chi connectivity index (χ3n) is 0.586. The van der Waals surface area contributed by atoms with Crippen LogP contribution in [0.5, 0.6) is 0 Å². The molecule has 0 spiro atoms. The Hall–Kier alpha value is 0.363. The summed E-state index contributed by atoms with van der Waals surface area (Å²) in [6.07, 6.45) is 10.0. The number of rotatable bonds is 0. The molecule has 0 aliphatic heterocycles. The van der Waals surface area contributed by atoms with Crippen molar-refractivity contribution in [2.24, 2.45) is 0 Å². The van der Waals surface area contributed by atoms with Crippen molar-refractivity contribution in [3.63, 3.8) is 0 Å². The van der Waals surface area contributed by atoms with Crippen molar-refractivity contribution in [2.45, 2.75) is 6.42 Å². The third kappa shape index (κ3) is 1.72. The maximum atomic E-state index is 2.99. The minimum absolute atomic E-state index is 0. The van der Waals surface area contributed by atoms with Crippen LogP contribution in [0, 0.1) is 6.08 Å². The van der Waals surface area contributed by atoms with Crippen LogP contribution in [0.15, 0.2) is 18.2 Å². The molecular weight excluding hydrogens is 151 g/mol. The minimum atomic E-state index is 0. The summed E-state index contributed by atoms with van der Waals surface area (Å²) in [5, 5.41) is 0. The number of hydrogen-bond donors (Lipinski definition) is 0. The van der Waals surface area contributed by atoms with Gasteiger partial charge in [0.05, 0.1) is 0 Å². The van der Waals surface area contributed by atoms with Gasteiger partial charge in [-0.2, -0.15) is 6.08 Å². The van der Waals surface area contributed by atoms with Gasteiger partial charge in [0.2, 0.25) is 0 Å². The molecule has 0 radical (unpaired) electrons. The van der Waals surface area contributed by atoms with Gasteiger partial charge in [-0.15, -0.1) is 6.42 Å². The van der Waals surface area contributed by atoms with E-state index in [1.165, 1.54) is 0 Å². The van der Waals surface area contributed by atoms with E-state index in [1.807, 2.05) is 12.2 Å². The van der Waals surface area contributed by atoms with Crippen LogP contribution < -0.4 is 0 Å². The summed E-state index contributed by atoms with van der Waals surface area (Å²) in [6, 6.07) is 0. The van der Waals surface area contributed by atoms with E-state index < -0.39 is 0 Å². The van der Waals surface area contributed by atoms with Gasteiger partial charge < -0.3 is 0 Å². The molecule has 0 unspecified atom stereocenters. The van der Waals surface area contributed by atoms with Gasteiger partial charge in [0.25, 0.3) is 0 Å². The second-order valence-electron chi connectivity index (χ2n) is 1.00. The molecule has 6 heavy (non-hydrogen) atoms. The van der Waals surface area contributed by atoms with Crippen molar-refractivity contribution in [2.75, 3.05) is 0 Å². The van der Waals surface area contributed by atoms with Gasteiger partial charge in [-0.25, -0.2) is 12.2 Å². The molecule has 0 amide bonds. The first-order valence-electron chi connectivity index (χ1n) is 1.72. The van der Waals surface area contributed by atoms with Gasteiger partial charge in [-0.1, -0.05) is 0 Å². The van der Waals surface area contributed by atoms with E-state index in [-0.39, 0.29) is 26.2 Å². The van der Waals surface area contributed by atoms with Crippen molar-refractivity contribution in [3.8, 4) is 0 Å². The Morgan fingerprint density at radius 3 is 2.50 bits per heavy atom. The van der Waals surface area contributed by atoms with E-state index in [0.717, 1.165) is 6.42 Å². The number of allylic oxidation sites excluding steroid dienone is 4. The third-order valence-corrected chi connectivity index (χ3v) is 0.586. The predicted octanol–water partition coefficient (Wildman–Crippen LogP) is 1.30.